The van der Waals surface area contributed by atoms with Gasteiger partial charge < -0.3 is 9.32 Å². The molecule has 0 radical (unpaired) electrons. The van der Waals surface area contributed by atoms with Crippen LogP contribution in [0.15, 0.2) is 63.4 Å². The van der Waals surface area contributed by atoms with E-state index in [1.165, 1.54) is 40.2 Å². The third kappa shape index (κ3) is 4.22. The number of amides is 1. The summed E-state index contributed by atoms with van der Waals surface area (Å²) in [6.45, 7) is 1.14. The second-order valence-electron chi connectivity index (χ2n) is 6.48. The van der Waals surface area contributed by atoms with Crippen LogP contribution in [0, 0.1) is 0 Å². The molecule has 3 nitrogen and oxygen atoms in total. The molecule has 1 aromatic carbocycles. The van der Waals surface area contributed by atoms with Crippen molar-refractivity contribution in [1.29, 1.82) is 0 Å². The molecule has 134 valence electrons. The van der Waals surface area contributed by atoms with Crippen molar-refractivity contribution < 1.29 is 9.21 Å². The Balaban J connectivity index is 1.41. The summed E-state index contributed by atoms with van der Waals surface area (Å²) >= 11 is 3.31. The van der Waals surface area contributed by atoms with Crippen LogP contribution >= 0.6 is 23.1 Å². The molecule has 0 N–H and O–H groups in total. The lowest BCUT2D eigenvalue weighted by Gasteiger charge is -2.21. The highest BCUT2D eigenvalue weighted by atomic mass is 32.2. The highest BCUT2D eigenvalue weighted by Crippen LogP contribution is 2.28. The van der Waals surface area contributed by atoms with E-state index in [-0.39, 0.29) is 5.91 Å². The zero-order valence-corrected chi connectivity index (χ0v) is 16.2. The molecule has 0 aliphatic heterocycles. The van der Waals surface area contributed by atoms with Gasteiger partial charge in [-0.25, -0.2) is 0 Å². The number of furan rings is 1. The van der Waals surface area contributed by atoms with E-state index in [4.69, 9.17) is 4.42 Å². The molecule has 1 amide bonds. The summed E-state index contributed by atoms with van der Waals surface area (Å²) in [5, 5.41) is 2.05. The van der Waals surface area contributed by atoms with Gasteiger partial charge in [-0.1, -0.05) is 12.1 Å². The van der Waals surface area contributed by atoms with Crippen LogP contribution in [0.1, 0.15) is 28.2 Å². The molecule has 0 bridgehead atoms. The lowest BCUT2D eigenvalue weighted by Crippen LogP contribution is -2.31. The Bertz CT molecular complexity index is 820. The largest absolute Gasteiger partial charge is 0.467 e. The van der Waals surface area contributed by atoms with Crippen molar-refractivity contribution in [2.24, 2.45) is 0 Å². The van der Waals surface area contributed by atoms with Gasteiger partial charge in [0.1, 0.15) is 5.76 Å². The van der Waals surface area contributed by atoms with E-state index in [9.17, 15) is 4.79 Å². The van der Waals surface area contributed by atoms with E-state index in [1.807, 2.05) is 28.5 Å². The molecule has 2 aromatic heterocycles. The third-order valence-corrected chi connectivity index (χ3v) is 6.48. The van der Waals surface area contributed by atoms with Gasteiger partial charge >= 0.3 is 0 Å². The summed E-state index contributed by atoms with van der Waals surface area (Å²) in [5.41, 5.74) is 2.92. The van der Waals surface area contributed by atoms with Crippen LogP contribution in [0.4, 0.5) is 0 Å². The summed E-state index contributed by atoms with van der Waals surface area (Å²) in [4.78, 5) is 17.1. The fourth-order valence-electron chi connectivity index (χ4n) is 3.29. The molecule has 0 saturated carbocycles. The molecule has 0 fully saturated rings. The summed E-state index contributed by atoms with van der Waals surface area (Å²) in [6, 6.07) is 14.5. The summed E-state index contributed by atoms with van der Waals surface area (Å²) < 4.78 is 5.45. The Hall–Kier alpha value is -1.98. The van der Waals surface area contributed by atoms with Crippen LogP contribution in [0.2, 0.25) is 0 Å². The summed E-state index contributed by atoms with van der Waals surface area (Å²) in [6.07, 6.45) is 5.26. The van der Waals surface area contributed by atoms with E-state index in [2.05, 4.69) is 24.3 Å². The Morgan fingerprint density at radius 3 is 2.85 bits per heavy atom. The van der Waals surface area contributed by atoms with Gasteiger partial charge in [-0.2, -0.15) is 0 Å². The number of thiophene rings is 1. The summed E-state index contributed by atoms with van der Waals surface area (Å²) in [7, 11) is 0. The van der Waals surface area contributed by atoms with E-state index in [1.54, 1.807) is 29.4 Å². The molecule has 5 heteroatoms. The first-order valence-corrected chi connectivity index (χ1v) is 10.7. The van der Waals surface area contributed by atoms with Crippen LogP contribution in [0.25, 0.3) is 0 Å². The van der Waals surface area contributed by atoms with Gasteiger partial charge in [-0.3, -0.25) is 4.79 Å². The lowest BCUT2D eigenvalue weighted by atomic mass is 10.1. The number of benzene rings is 1. The minimum absolute atomic E-state index is 0.139. The van der Waals surface area contributed by atoms with Crippen LogP contribution in [-0.4, -0.2) is 16.6 Å². The first-order chi connectivity index (χ1) is 12.8. The van der Waals surface area contributed by atoms with Crippen LogP contribution in [-0.2, 0) is 30.7 Å². The second kappa shape index (κ2) is 8.14. The normalized spacial score (nSPS) is 12.9. The van der Waals surface area contributed by atoms with Crippen molar-refractivity contribution >= 4 is 29.0 Å². The number of nitrogens with zero attached hydrogens (tertiary/aromatic N) is 1. The van der Waals surface area contributed by atoms with Crippen molar-refractivity contribution in [3.8, 4) is 0 Å². The first-order valence-electron chi connectivity index (χ1n) is 8.85. The topological polar surface area (TPSA) is 33.5 Å². The van der Waals surface area contributed by atoms with Crippen molar-refractivity contribution in [3.05, 3.63) is 75.9 Å². The average molecular weight is 384 g/mol. The van der Waals surface area contributed by atoms with Gasteiger partial charge in [0, 0.05) is 9.77 Å². The maximum atomic E-state index is 12.9. The van der Waals surface area contributed by atoms with Crippen molar-refractivity contribution in [1.82, 2.24) is 4.90 Å². The maximum Gasteiger partial charge on any atom is 0.233 e. The predicted molar refractivity (Wildman–Crippen MR) is 106 cm³/mol. The maximum absolute atomic E-state index is 12.9. The fraction of sp³-hybridized carbons (Fsp3) is 0.286. The molecule has 0 unspecified atom stereocenters. The van der Waals surface area contributed by atoms with E-state index in [0.717, 1.165) is 5.76 Å². The second-order valence-corrected chi connectivity index (χ2v) is 8.56. The minimum Gasteiger partial charge on any atom is -0.467 e. The molecule has 0 saturated heterocycles. The SMILES string of the molecule is O=C(CSc1ccc2c(c1)CCC2)N(Cc1ccco1)Cc1cccs1. The highest BCUT2D eigenvalue weighted by molar-refractivity contribution is 8.00. The number of carbonyl (C=O) groups excluding carboxylic acids is 1. The fourth-order valence-corrected chi connectivity index (χ4v) is 4.87. The molecule has 2 heterocycles. The third-order valence-electron chi connectivity index (χ3n) is 4.64. The standard InChI is InChI=1S/C21H21NO2S2/c23-21(15-26-19-9-8-16-4-1-5-17(16)12-19)22(13-18-6-2-10-24-18)14-20-7-3-11-25-20/h2-3,6-12H,1,4-5,13-15H2. The molecule has 1 aliphatic rings. The molecule has 26 heavy (non-hydrogen) atoms. The molecule has 0 spiro atoms. The molecule has 1 aliphatic carbocycles. The zero-order valence-electron chi connectivity index (χ0n) is 14.5. The molecular formula is C21H21NO2S2. The van der Waals surface area contributed by atoms with Crippen LogP contribution in [0.5, 0.6) is 0 Å². The number of hydrogen-bond donors (Lipinski definition) is 0. The van der Waals surface area contributed by atoms with Crippen molar-refractivity contribution in [3.63, 3.8) is 0 Å². The van der Waals surface area contributed by atoms with Gasteiger partial charge in [0.2, 0.25) is 5.91 Å². The number of aryl methyl sites for hydroxylation is 2. The molecule has 0 atom stereocenters. The molecular weight excluding hydrogens is 362 g/mol. The number of fused-ring (bicyclic) bond motifs is 1. The summed E-state index contributed by atoms with van der Waals surface area (Å²) in [5.74, 6) is 1.41. The Morgan fingerprint density at radius 1 is 1.12 bits per heavy atom. The lowest BCUT2D eigenvalue weighted by molar-refractivity contribution is -0.129. The van der Waals surface area contributed by atoms with Crippen LogP contribution < -0.4 is 0 Å². The Labute approximate surface area is 162 Å². The quantitative estimate of drug-likeness (QED) is 0.529. The highest BCUT2D eigenvalue weighted by Gasteiger charge is 2.17. The Morgan fingerprint density at radius 2 is 2.04 bits per heavy atom. The van der Waals surface area contributed by atoms with Crippen molar-refractivity contribution in [2.45, 2.75) is 37.2 Å². The minimum atomic E-state index is 0.139. The number of rotatable bonds is 7. The van der Waals surface area contributed by atoms with Crippen molar-refractivity contribution in [2.75, 3.05) is 5.75 Å². The van der Waals surface area contributed by atoms with E-state index < -0.39 is 0 Å². The molecule has 4 rings (SSSR count). The van der Waals surface area contributed by atoms with E-state index in [0.29, 0.717) is 18.8 Å². The van der Waals surface area contributed by atoms with Gasteiger partial charge in [-0.15, -0.1) is 23.1 Å². The van der Waals surface area contributed by atoms with Gasteiger partial charge in [-0.05, 0) is 66.1 Å². The van der Waals surface area contributed by atoms with Crippen LogP contribution in [0.3, 0.4) is 0 Å². The number of hydrogen-bond acceptors (Lipinski definition) is 4. The monoisotopic (exact) mass is 383 g/mol. The smallest absolute Gasteiger partial charge is 0.233 e. The average Bonchev–Trinajstić information content (AvgIpc) is 3.40. The van der Waals surface area contributed by atoms with E-state index >= 15 is 0 Å². The first kappa shape index (κ1) is 17.4. The number of carbonyl (C=O) groups is 1. The number of thioether (sulfide) groups is 1. The van der Waals surface area contributed by atoms with Gasteiger partial charge in [0.05, 0.1) is 25.1 Å². The Kier molecular flexibility index (Phi) is 5.46. The van der Waals surface area contributed by atoms with Gasteiger partial charge in [0.15, 0.2) is 0 Å². The van der Waals surface area contributed by atoms with Gasteiger partial charge in [0.25, 0.3) is 0 Å². The molecule has 3 aromatic rings. The zero-order chi connectivity index (χ0) is 17.8. The predicted octanol–water partition coefficient (Wildman–Crippen LogP) is 5.15.